The second-order valence-electron chi connectivity index (χ2n) is 4.90. The Labute approximate surface area is 123 Å². The number of rotatable bonds is 3. The second-order valence-corrected chi connectivity index (χ2v) is 4.90. The summed E-state index contributed by atoms with van der Waals surface area (Å²) in [6, 6.07) is 24.6. The quantitative estimate of drug-likeness (QED) is 0.575. The first-order valence-electron chi connectivity index (χ1n) is 6.80. The van der Waals surface area contributed by atoms with Gasteiger partial charge in [-0.05, 0) is 23.3 Å². The minimum atomic E-state index is 0.0368. The standard InChI is InChI=1S/C19H15NO/c20-18-8-4-7-17(13-18)14-9-11-16(12-10-14)19(21)15-5-2-1-3-6-15/h1-13H,20H2. The molecule has 0 saturated heterocycles. The minimum Gasteiger partial charge on any atom is -0.399 e. The molecule has 0 bridgehead atoms. The topological polar surface area (TPSA) is 43.1 Å². The molecule has 0 aromatic heterocycles. The van der Waals surface area contributed by atoms with Gasteiger partial charge in [-0.1, -0.05) is 66.7 Å². The molecule has 3 rings (SSSR count). The van der Waals surface area contributed by atoms with Gasteiger partial charge in [0.05, 0.1) is 0 Å². The highest BCUT2D eigenvalue weighted by atomic mass is 16.1. The number of anilines is 1. The fraction of sp³-hybridized carbons (Fsp3) is 0. The van der Waals surface area contributed by atoms with Gasteiger partial charge in [-0.15, -0.1) is 0 Å². The van der Waals surface area contributed by atoms with E-state index in [1.54, 1.807) is 0 Å². The van der Waals surface area contributed by atoms with Crippen molar-refractivity contribution in [1.29, 1.82) is 0 Å². The monoisotopic (exact) mass is 273 g/mol. The summed E-state index contributed by atoms with van der Waals surface area (Å²) in [5, 5.41) is 0. The van der Waals surface area contributed by atoms with E-state index in [0.29, 0.717) is 11.1 Å². The van der Waals surface area contributed by atoms with Crippen LogP contribution in [-0.4, -0.2) is 5.78 Å². The Morgan fingerprint density at radius 2 is 1.33 bits per heavy atom. The molecular formula is C19H15NO. The zero-order valence-corrected chi connectivity index (χ0v) is 11.5. The van der Waals surface area contributed by atoms with Gasteiger partial charge in [0.1, 0.15) is 0 Å². The number of nitrogen functional groups attached to an aromatic ring is 1. The van der Waals surface area contributed by atoms with Crippen molar-refractivity contribution in [3.8, 4) is 11.1 Å². The first-order chi connectivity index (χ1) is 10.2. The van der Waals surface area contributed by atoms with E-state index in [9.17, 15) is 4.79 Å². The molecule has 102 valence electrons. The van der Waals surface area contributed by atoms with Crippen molar-refractivity contribution in [3.63, 3.8) is 0 Å². The van der Waals surface area contributed by atoms with E-state index in [1.165, 1.54) is 0 Å². The number of nitrogens with two attached hydrogens (primary N) is 1. The highest BCUT2D eigenvalue weighted by molar-refractivity contribution is 6.09. The van der Waals surface area contributed by atoms with E-state index < -0.39 is 0 Å². The molecule has 3 aromatic carbocycles. The van der Waals surface area contributed by atoms with Gasteiger partial charge >= 0.3 is 0 Å². The molecule has 21 heavy (non-hydrogen) atoms. The number of ketones is 1. The molecule has 0 heterocycles. The number of benzene rings is 3. The average Bonchev–Trinajstić information content (AvgIpc) is 2.55. The summed E-state index contributed by atoms with van der Waals surface area (Å²) in [6.07, 6.45) is 0. The van der Waals surface area contributed by atoms with Crippen LogP contribution < -0.4 is 5.73 Å². The van der Waals surface area contributed by atoms with Crippen LogP contribution in [0.3, 0.4) is 0 Å². The normalized spacial score (nSPS) is 10.3. The molecule has 2 nitrogen and oxygen atoms in total. The summed E-state index contributed by atoms with van der Waals surface area (Å²) < 4.78 is 0. The molecule has 0 aliphatic rings. The summed E-state index contributed by atoms with van der Waals surface area (Å²) in [5.41, 5.74) is 10.0. The molecule has 0 spiro atoms. The van der Waals surface area contributed by atoms with Crippen molar-refractivity contribution >= 4 is 11.5 Å². The lowest BCUT2D eigenvalue weighted by molar-refractivity contribution is 0.103. The van der Waals surface area contributed by atoms with Crippen LogP contribution in [-0.2, 0) is 0 Å². The molecule has 0 fully saturated rings. The van der Waals surface area contributed by atoms with E-state index in [1.807, 2.05) is 78.9 Å². The van der Waals surface area contributed by atoms with Gasteiger partial charge in [-0.2, -0.15) is 0 Å². The molecule has 3 aromatic rings. The third-order valence-electron chi connectivity index (χ3n) is 3.40. The van der Waals surface area contributed by atoms with Crippen molar-refractivity contribution in [2.75, 3.05) is 5.73 Å². The van der Waals surface area contributed by atoms with Crippen molar-refractivity contribution in [3.05, 3.63) is 90.0 Å². The molecule has 0 radical (unpaired) electrons. The van der Waals surface area contributed by atoms with Crippen molar-refractivity contribution in [1.82, 2.24) is 0 Å². The maximum atomic E-state index is 12.3. The third kappa shape index (κ3) is 2.84. The van der Waals surface area contributed by atoms with Gasteiger partial charge in [0.2, 0.25) is 0 Å². The zero-order valence-electron chi connectivity index (χ0n) is 11.5. The maximum Gasteiger partial charge on any atom is 0.193 e. The SMILES string of the molecule is Nc1cccc(-c2ccc(C(=O)c3ccccc3)cc2)c1. The van der Waals surface area contributed by atoms with Gasteiger partial charge in [-0.3, -0.25) is 4.79 Å². The largest absolute Gasteiger partial charge is 0.399 e. The molecule has 0 aliphatic heterocycles. The Balaban J connectivity index is 1.89. The summed E-state index contributed by atoms with van der Waals surface area (Å²) in [4.78, 5) is 12.3. The minimum absolute atomic E-state index is 0.0368. The maximum absolute atomic E-state index is 12.3. The Bertz CT molecular complexity index is 761. The summed E-state index contributed by atoms with van der Waals surface area (Å²) in [5.74, 6) is 0.0368. The molecule has 2 N–H and O–H groups in total. The summed E-state index contributed by atoms with van der Waals surface area (Å²) in [6.45, 7) is 0. The lowest BCUT2D eigenvalue weighted by Crippen LogP contribution is -2.00. The summed E-state index contributed by atoms with van der Waals surface area (Å²) in [7, 11) is 0. The first-order valence-corrected chi connectivity index (χ1v) is 6.80. The Morgan fingerprint density at radius 3 is 2.00 bits per heavy atom. The van der Waals surface area contributed by atoms with Crippen LogP contribution in [0.15, 0.2) is 78.9 Å². The molecule has 0 atom stereocenters. The lowest BCUT2D eigenvalue weighted by Gasteiger charge is -2.05. The van der Waals surface area contributed by atoms with Gasteiger partial charge in [-0.25, -0.2) is 0 Å². The molecule has 0 unspecified atom stereocenters. The Morgan fingerprint density at radius 1 is 0.667 bits per heavy atom. The van der Waals surface area contributed by atoms with Gasteiger partial charge in [0.15, 0.2) is 5.78 Å². The predicted octanol–water partition coefficient (Wildman–Crippen LogP) is 4.17. The van der Waals surface area contributed by atoms with Crippen LogP contribution >= 0.6 is 0 Å². The molecular weight excluding hydrogens is 258 g/mol. The van der Waals surface area contributed by atoms with E-state index in [2.05, 4.69) is 0 Å². The predicted molar refractivity (Wildman–Crippen MR) is 86.2 cm³/mol. The lowest BCUT2D eigenvalue weighted by atomic mass is 9.99. The van der Waals surface area contributed by atoms with E-state index in [4.69, 9.17) is 5.73 Å². The van der Waals surface area contributed by atoms with Crippen LogP contribution in [0.5, 0.6) is 0 Å². The van der Waals surface area contributed by atoms with Crippen LogP contribution in [0.1, 0.15) is 15.9 Å². The van der Waals surface area contributed by atoms with Crippen molar-refractivity contribution < 1.29 is 4.79 Å². The van der Waals surface area contributed by atoms with Gasteiger partial charge in [0, 0.05) is 16.8 Å². The fourth-order valence-corrected chi connectivity index (χ4v) is 2.29. The molecule has 0 saturated carbocycles. The van der Waals surface area contributed by atoms with Crippen molar-refractivity contribution in [2.45, 2.75) is 0 Å². The third-order valence-corrected chi connectivity index (χ3v) is 3.40. The van der Waals surface area contributed by atoms with Gasteiger partial charge in [0.25, 0.3) is 0 Å². The van der Waals surface area contributed by atoms with Crippen LogP contribution in [0, 0.1) is 0 Å². The average molecular weight is 273 g/mol. The Hall–Kier alpha value is -2.87. The number of carbonyl (C=O) groups excluding carboxylic acids is 1. The van der Waals surface area contributed by atoms with Crippen molar-refractivity contribution in [2.24, 2.45) is 0 Å². The summed E-state index contributed by atoms with van der Waals surface area (Å²) >= 11 is 0. The Kier molecular flexibility index (Phi) is 3.52. The van der Waals surface area contributed by atoms with E-state index in [0.717, 1.165) is 16.8 Å². The number of hydrogen-bond donors (Lipinski definition) is 1. The molecule has 0 amide bonds. The fourth-order valence-electron chi connectivity index (χ4n) is 2.29. The highest BCUT2D eigenvalue weighted by Crippen LogP contribution is 2.22. The smallest absolute Gasteiger partial charge is 0.193 e. The highest BCUT2D eigenvalue weighted by Gasteiger charge is 2.08. The van der Waals surface area contributed by atoms with Crippen LogP contribution in [0.4, 0.5) is 5.69 Å². The van der Waals surface area contributed by atoms with Gasteiger partial charge < -0.3 is 5.73 Å². The number of carbonyl (C=O) groups is 1. The van der Waals surface area contributed by atoms with E-state index >= 15 is 0 Å². The molecule has 0 aliphatic carbocycles. The zero-order chi connectivity index (χ0) is 14.7. The molecule has 2 heteroatoms. The second kappa shape index (κ2) is 5.63. The first kappa shape index (κ1) is 13.1. The van der Waals surface area contributed by atoms with Crippen LogP contribution in [0.2, 0.25) is 0 Å². The number of hydrogen-bond acceptors (Lipinski definition) is 2. The van der Waals surface area contributed by atoms with E-state index in [-0.39, 0.29) is 5.78 Å². The van der Waals surface area contributed by atoms with Crippen LogP contribution in [0.25, 0.3) is 11.1 Å².